The van der Waals surface area contributed by atoms with Crippen LogP contribution in [0.25, 0.3) is 0 Å². The fourth-order valence-corrected chi connectivity index (χ4v) is 5.49. The van der Waals surface area contributed by atoms with E-state index in [0.29, 0.717) is 23.1 Å². The van der Waals surface area contributed by atoms with E-state index >= 15 is 0 Å². The second kappa shape index (κ2) is 6.68. The number of benzene rings is 1. The first-order valence-corrected chi connectivity index (χ1v) is 9.84. The van der Waals surface area contributed by atoms with E-state index in [1.54, 1.807) is 18.7 Å². The van der Waals surface area contributed by atoms with Crippen molar-refractivity contribution in [3.63, 3.8) is 0 Å². The maximum Gasteiger partial charge on any atom is 0.335 e. The fourth-order valence-electron chi connectivity index (χ4n) is 2.15. The van der Waals surface area contributed by atoms with Crippen molar-refractivity contribution in [2.24, 2.45) is 0 Å². The minimum absolute atomic E-state index is 0.0322. The molecule has 1 heterocycles. The zero-order chi connectivity index (χ0) is 15.6. The summed E-state index contributed by atoms with van der Waals surface area (Å²) in [5.41, 5.74) is 0.507. The molecule has 1 fully saturated rings. The molecule has 0 unspecified atom stereocenters. The average Bonchev–Trinajstić information content (AvgIpc) is 2.70. The number of nitrogens with zero attached hydrogens (tertiary/aromatic N) is 1. The van der Waals surface area contributed by atoms with Gasteiger partial charge in [0.15, 0.2) is 0 Å². The summed E-state index contributed by atoms with van der Waals surface area (Å²) >= 11 is 4.98. The number of thioether (sulfide) groups is 1. The van der Waals surface area contributed by atoms with E-state index in [2.05, 4.69) is 15.9 Å². The molecule has 21 heavy (non-hydrogen) atoms. The number of halogens is 1. The normalized spacial score (nSPS) is 17.4. The number of carboxylic acid groups (broad SMARTS) is 1. The molecule has 0 radical (unpaired) electrons. The average molecular weight is 394 g/mol. The lowest BCUT2D eigenvalue weighted by atomic mass is 10.1. The van der Waals surface area contributed by atoms with Gasteiger partial charge in [0.2, 0.25) is 10.0 Å². The van der Waals surface area contributed by atoms with Crippen LogP contribution < -0.4 is 0 Å². The van der Waals surface area contributed by atoms with Crippen LogP contribution in [-0.2, 0) is 10.0 Å². The summed E-state index contributed by atoms with van der Waals surface area (Å²) < 4.78 is 27.5. The van der Waals surface area contributed by atoms with Gasteiger partial charge in [-0.2, -0.15) is 16.1 Å². The van der Waals surface area contributed by atoms with Crippen LogP contribution in [0.2, 0.25) is 0 Å². The van der Waals surface area contributed by atoms with E-state index in [1.807, 2.05) is 0 Å². The van der Waals surface area contributed by atoms with Crippen LogP contribution in [0.1, 0.15) is 22.3 Å². The Morgan fingerprint density at radius 3 is 2.71 bits per heavy atom. The third kappa shape index (κ3) is 3.61. The first-order chi connectivity index (χ1) is 9.84. The minimum Gasteiger partial charge on any atom is -0.478 e. The SMILES string of the molecule is Cc1c(Br)cc(C(=O)O)cc1S(=O)(=O)N1CCCSCC1. The molecule has 0 amide bonds. The third-order valence-electron chi connectivity index (χ3n) is 3.34. The largest absolute Gasteiger partial charge is 0.478 e. The summed E-state index contributed by atoms with van der Waals surface area (Å²) in [4.78, 5) is 11.2. The number of aromatic carboxylic acids is 1. The van der Waals surface area contributed by atoms with Gasteiger partial charge in [0.05, 0.1) is 10.5 Å². The number of rotatable bonds is 3. The highest BCUT2D eigenvalue weighted by atomic mass is 79.9. The molecule has 1 aromatic carbocycles. The van der Waals surface area contributed by atoms with Crippen molar-refractivity contribution in [1.29, 1.82) is 0 Å². The molecule has 0 spiro atoms. The van der Waals surface area contributed by atoms with Crippen LogP contribution in [0.3, 0.4) is 0 Å². The molecule has 8 heteroatoms. The van der Waals surface area contributed by atoms with Gasteiger partial charge in [0, 0.05) is 23.3 Å². The fraction of sp³-hybridized carbons (Fsp3) is 0.462. The third-order valence-corrected chi connectivity index (χ3v) is 7.24. The Bertz CT molecular complexity index is 652. The molecule has 5 nitrogen and oxygen atoms in total. The zero-order valence-electron chi connectivity index (χ0n) is 11.5. The van der Waals surface area contributed by atoms with Gasteiger partial charge in [0.1, 0.15) is 0 Å². The zero-order valence-corrected chi connectivity index (χ0v) is 14.7. The molecule has 116 valence electrons. The molecule has 1 aliphatic heterocycles. The van der Waals surface area contributed by atoms with Crippen molar-refractivity contribution in [3.05, 3.63) is 27.7 Å². The molecular weight excluding hydrogens is 378 g/mol. The van der Waals surface area contributed by atoms with E-state index in [4.69, 9.17) is 5.11 Å². The highest BCUT2D eigenvalue weighted by Crippen LogP contribution is 2.29. The second-order valence-electron chi connectivity index (χ2n) is 4.76. The maximum absolute atomic E-state index is 12.8. The maximum atomic E-state index is 12.8. The molecule has 0 saturated carbocycles. The van der Waals surface area contributed by atoms with Crippen LogP contribution in [0.15, 0.2) is 21.5 Å². The highest BCUT2D eigenvalue weighted by Gasteiger charge is 2.28. The summed E-state index contributed by atoms with van der Waals surface area (Å²) in [5, 5.41) is 9.11. The summed E-state index contributed by atoms with van der Waals surface area (Å²) in [6, 6.07) is 2.67. The van der Waals surface area contributed by atoms with E-state index in [0.717, 1.165) is 17.9 Å². The number of hydrogen-bond acceptors (Lipinski definition) is 4. The van der Waals surface area contributed by atoms with E-state index in [-0.39, 0.29) is 10.5 Å². The van der Waals surface area contributed by atoms with Gasteiger partial charge in [-0.1, -0.05) is 15.9 Å². The van der Waals surface area contributed by atoms with Gasteiger partial charge < -0.3 is 5.11 Å². The van der Waals surface area contributed by atoms with Crippen molar-refractivity contribution < 1.29 is 18.3 Å². The molecule has 1 N–H and O–H groups in total. The summed E-state index contributed by atoms with van der Waals surface area (Å²) in [7, 11) is -3.67. The van der Waals surface area contributed by atoms with Crippen molar-refractivity contribution in [2.75, 3.05) is 24.6 Å². The van der Waals surface area contributed by atoms with Crippen molar-refractivity contribution in [3.8, 4) is 0 Å². The first-order valence-electron chi connectivity index (χ1n) is 6.45. The molecule has 2 rings (SSSR count). The number of sulfonamides is 1. The molecular formula is C13H16BrNO4S2. The number of carbonyl (C=O) groups is 1. The van der Waals surface area contributed by atoms with Gasteiger partial charge >= 0.3 is 5.97 Å². The lowest BCUT2D eigenvalue weighted by Gasteiger charge is -2.21. The summed E-state index contributed by atoms with van der Waals surface area (Å²) in [6.45, 7) is 2.61. The topological polar surface area (TPSA) is 74.7 Å². The van der Waals surface area contributed by atoms with Crippen molar-refractivity contribution >= 4 is 43.7 Å². The van der Waals surface area contributed by atoms with Gasteiger partial charge in [-0.3, -0.25) is 0 Å². The molecule has 1 aromatic rings. The van der Waals surface area contributed by atoms with Crippen LogP contribution in [-0.4, -0.2) is 48.4 Å². The van der Waals surface area contributed by atoms with Crippen LogP contribution in [0.5, 0.6) is 0 Å². The molecule has 0 aromatic heterocycles. The predicted octanol–water partition coefficient (Wildman–Crippen LogP) is 2.58. The van der Waals surface area contributed by atoms with Crippen LogP contribution in [0, 0.1) is 6.92 Å². The summed E-state index contributed by atoms with van der Waals surface area (Å²) in [6.07, 6.45) is 0.808. The Hall–Kier alpha value is -0.570. The minimum atomic E-state index is -3.67. The molecule has 1 saturated heterocycles. The Kier molecular flexibility index (Phi) is 5.34. The lowest BCUT2D eigenvalue weighted by molar-refractivity contribution is 0.0696. The standard InChI is InChI=1S/C13H16BrNO4S2/c1-9-11(14)7-10(13(16)17)8-12(9)21(18,19)15-3-2-5-20-6-4-15/h7-8H,2-6H2,1H3,(H,16,17). The van der Waals surface area contributed by atoms with Crippen molar-refractivity contribution in [2.45, 2.75) is 18.2 Å². The predicted molar refractivity (Wildman–Crippen MR) is 86.5 cm³/mol. The number of hydrogen-bond donors (Lipinski definition) is 1. The lowest BCUT2D eigenvalue weighted by Crippen LogP contribution is -2.33. The van der Waals surface area contributed by atoms with E-state index in [9.17, 15) is 13.2 Å². The van der Waals surface area contributed by atoms with Crippen LogP contribution in [0.4, 0.5) is 0 Å². The Balaban J connectivity index is 2.50. The van der Waals surface area contributed by atoms with Gasteiger partial charge in [-0.15, -0.1) is 0 Å². The Morgan fingerprint density at radius 1 is 1.33 bits per heavy atom. The number of carboxylic acids is 1. The van der Waals surface area contributed by atoms with Gasteiger partial charge in [-0.25, -0.2) is 13.2 Å². The Labute approximate surface area is 136 Å². The van der Waals surface area contributed by atoms with Gasteiger partial charge in [-0.05, 0) is 36.8 Å². The highest BCUT2D eigenvalue weighted by molar-refractivity contribution is 9.10. The molecule has 1 aliphatic rings. The smallest absolute Gasteiger partial charge is 0.335 e. The molecule has 0 atom stereocenters. The Morgan fingerprint density at radius 2 is 2.05 bits per heavy atom. The quantitative estimate of drug-likeness (QED) is 0.853. The monoisotopic (exact) mass is 393 g/mol. The molecule has 0 aliphatic carbocycles. The van der Waals surface area contributed by atoms with E-state index in [1.165, 1.54) is 16.4 Å². The summed E-state index contributed by atoms with van der Waals surface area (Å²) in [5.74, 6) is 0.570. The van der Waals surface area contributed by atoms with Crippen molar-refractivity contribution in [1.82, 2.24) is 4.31 Å². The van der Waals surface area contributed by atoms with Gasteiger partial charge in [0.25, 0.3) is 0 Å². The van der Waals surface area contributed by atoms with E-state index < -0.39 is 16.0 Å². The molecule has 0 bridgehead atoms. The second-order valence-corrected chi connectivity index (χ2v) is 8.74. The van der Waals surface area contributed by atoms with Crippen LogP contribution >= 0.6 is 27.7 Å². The first kappa shape index (κ1) is 16.8.